The molecule has 1 aromatic rings. The van der Waals surface area contributed by atoms with E-state index in [9.17, 15) is 8.42 Å². The smallest absolute Gasteiger partial charge is 0.216 e. The van der Waals surface area contributed by atoms with Crippen LogP contribution in [0.2, 0.25) is 0 Å². The third-order valence-corrected chi connectivity index (χ3v) is 4.90. The maximum absolute atomic E-state index is 12.1. The molecule has 22 heavy (non-hydrogen) atoms. The Bertz CT molecular complexity index is 641. The van der Waals surface area contributed by atoms with Gasteiger partial charge in [-0.2, -0.15) is 0 Å². The fourth-order valence-electron chi connectivity index (χ4n) is 2.37. The van der Waals surface area contributed by atoms with Crippen molar-refractivity contribution in [1.82, 2.24) is 14.9 Å². The van der Waals surface area contributed by atoms with Gasteiger partial charge in [0, 0.05) is 26.2 Å². The van der Waals surface area contributed by atoms with Crippen LogP contribution < -0.4 is 10.0 Å². The minimum absolute atomic E-state index is 0.00858. The summed E-state index contributed by atoms with van der Waals surface area (Å²) in [4.78, 5) is 6.43. The van der Waals surface area contributed by atoms with Crippen molar-refractivity contribution in [2.75, 3.05) is 20.1 Å². The molecule has 0 fully saturated rings. The number of guanidine groups is 1. The predicted octanol–water partition coefficient (Wildman–Crippen LogP) is 0.905. The highest BCUT2D eigenvalue weighted by Crippen LogP contribution is 2.13. The molecule has 0 amide bonds. The fraction of sp³-hybridized carbons (Fsp3) is 0.533. The second-order valence-electron chi connectivity index (χ2n) is 5.78. The second-order valence-corrected chi connectivity index (χ2v) is 7.53. The average Bonchev–Trinajstić information content (AvgIpc) is 2.81. The summed E-state index contributed by atoms with van der Waals surface area (Å²) in [5.74, 6) is 0.851. The predicted molar refractivity (Wildman–Crippen MR) is 89.1 cm³/mol. The van der Waals surface area contributed by atoms with Crippen molar-refractivity contribution >= 4 is 16.0 Å². The summed E-state index contributed by atoms with van der Waals surface area (Å²) in [5.41, 5.74) is 1.78. The van der Waals surface area contributed by atoms with Gasteiger partial charge in [-0.15, -0.1) is 0 Å². The van der Waals surface area contributed by atoms with E-state index in [4.69, 9.17) is 0 Å². The molecule has 0 aliphatic carbocycles. The van der Waals surface area contributed by atoms with Crippen LogP contribution in [-0.4, -0.2) is 45.5 Å². The van der Waals surface area contributed by atoms with Crippen LogP contribution in [0.3, 0.4) is 0 Å². The summed E-state index contributed by atoms with van der Waals surface area (Å²) >= 11 is 0. The van der Waals surface area contributed by atoms with E-state index in [1.54, 1.807) is 0 Å². The first-order chi connectivity index (χ1) is 10.4. The van der Waals surface area contributed by atoms with E-state index < -0.39 is 10.0 Å². The van der Waals surface area contributed by atoms with Gasteiger partial charge in [0.2, 0.25) is 10.0 Å². The molecule has 0 radical (unpaired) electrons. The number of hydrogen-bond acceptors (Lipinski definition) is 5. The molecule has 2 N–H and O–H groups in total. The van der Waals surface area contributed by atoms with Crippen LogP contribution >= 0.6 is 0 Å². The largest absolute Gasteiger partial charge is 0.352 e. The lowest BCUT2D eigenvalue weighted by Crippen LogP contribution is -2.35. The van der Waals surface area contributed by atoms with Crippen LogP contribution in [0.15, 0.2) is 29.3 Å². The van der Waals surface area contributed by atoms with Gasteiger partial charge in [-0.1, -0.05) is 24.3 Å². The van der Waals surface area contributed by atoms with Crippen molar-refractivity contribution < 1.29 is 8.42 Å². The Balaban J connectivity index is 2.07. The lowest BCUT2D eigenvalue weighted by atomic mass is 10.1. The van der Waals surface area contributed by atoms with Crippen LogP contribution in [0, 0.1) is 0 Å². The SMILES string of the molecule is CC(C)NS(=O)(=O)Cc1ccccc1CNC1=NCCN1C. The van der Waals surface area contributed by atoms with Gasteiger partial charge in [-0.25, -0.2) is 13.1 Å². The minimum atomic E-state index is -3.32. The maximum Gasteiger partial charge on any atom is 0.216 e. The highest BCUT2D eigenvalue weighted by Gasteiger charge is 2.16. The zero-order valence-corrected chi connectivity index (χ0v) is 14.2. The Labute approximate surface area is 132 Å². The van der Waals surface area contributed by atoms with Crippen molar-refractivity contribution in [3.8, 4) is 0 Å². The van der Waals surface area contributed by atoms with Crippen LogP contribution in [0.1, 0.15) is 25.0 Å². The molecule has 1 aliphatic rings. The second kappa shape index (κ2) is 7.11. The highest BCUT2D eigenvalue weighted by atomic mass is 32.2. The van der Waals surface area contributed by atoms with E-state index in [-0.39, 0.29) is 11.8 Å². The summed E-state index contributed by atoms with van der Waals surface area (Å²) in [6, 6.07) is 7.49. The highest BCUT2D eigenvalue weighted by molar-refractivity contribution is 7.88. The lowest BCUT2D eigenvalue weighted by Gasteiger charge is -2.17. The van der Waals surface area contributed by atoms with Crippen LogP contribution in [0.25, 0.3) is 0 Å². The molecule has 0 bridgehead atoms. The summed E-state index contributed by atoms with van der Waals surface area (Å²) in [6.45, 7) is 5.92. The third kappa shape index (κ3) is 4.71. The molecule has 1 aliphatic heterocycles. The number of hydrogen-bond donors (Lipinski definition) is 2. The van der Waals surface area contributed by atoms with Crippen molar-refractivity contribution in [2.24, 2.45) is 4.99 Å². The molecule has 0 saturated heterocycles. The normalized spacial score (nSPS) is 15.3. The zero-order valence-electron chi connectivity index (χ0n) is 13.3. The van der Waals surface area contributed by atoms with Gasteiger partial charge < -0.3 is 10.2 Å². The number of benzene rings is 1. The molecule has 2 rings (SSSR count). The van der Waals surface area contributed by atoms with E-state index in [0.29, 0.717) is 6.54 Å². The first-order valence-electron chi connectivity index (χ1n) is 7.43. The quantitative estimate of drug-likeness (QED) is 0.815. The van der Waals surface area contributed by atoms with E-state index in [1.165, 1.54) is 0 Å². The Morgan fingerprint density at radius 1 is 1.27 bits per heavy atom. The molecule has 1 aromatic carbocycles. The number of aliphatic imine (C=N–C) groups is 1. The topological polar surface area (TPSA) is 73.8 Å². The molecule has 0 aromatic heterocycles. The molecule has 122 valence electrons. The first-order valence-corrected chi connectivity index (χ1v) is 9.09. The molecule has 6 nitrogen and oxygen atoms in total. The molecule has 1 heterocycles. The Morgan fingerprint density at radius 3 is 2.55 bits per heavy atom. The fourth-order valence-corrected chi connectivity index (χ4v) is 3.87. The van der Waals surface area contributed by atoms with Crippen molar-refractivity contribution in [2.45, 2.75) is 32.2 Å². The monoisotopic (exact) mass is 324 g/mol. The van der Waals surface area contributed by atoms with E-state index in [2.05, 4.69) is 19.9 Å². The number of likely N-dealkylation sites (N-methyl/N-ethyl adjacent to an activating group) is 1. The summed E-state index contributed by atoms with van der Waals surface area (Å²) in [5, 5.41) is 3.28. The standard InChI is InChI=1S/C15H24N4O2S/c1-12(2)18-22(20,21)11-14-7-5-4-6-13(14)10-17-15-16-8-9-19(15)3/h4-7,12,18H,8-11H2,1-3H3,(H,16,17). The van der Waals surface area contributed by atoms with Gasteiger partial charge in [0.15, 0.2) is 5.96 Å². The Hall–Kier alpha value is -1.60. The van der Waals surface area contributed by atoms with Gasteiger partial charge in [0.1, 0.15) is 0 Å². The molecular formula is C15H24N4O2S. The molecule has 0 saturated carbocycles. The van der Waals surface area contributed by atoms with Gasteiger partial charge in [-0.05, 0) is 25.0 Å². The summed E-state index contributed by atoms with van der Waals surface area (Å²) < 4.78 is 26.8. The zero-order chi connectivity index (χ0) is 16.2. The van der Waals surface area contributed by atoms with Crippen molar-refractivity contribution in [3.63, 3.8) is 0 Å². The molecule has 0 spiro atoms. The minimum Gasteiger partial charge on any atom is -0.352 e. The molecule has 0 unspecified atom stereocenters. The molecular weight excluding hydrogens is 300 g/mol. The average molecular weight is 324 g/mol. The van der Waals surface area contributed by atoms with Gasteiger partial charge >= 0.3 is 0 Å². The Morgan fingerprint density at radius 2 is 1.95 bits per heavy atom. The van der Waals surface area contributed by atoms with Gasteiger partial charge in [0.25, 0.3) is 0 Å². The van der Waals surface area contributed by atoms with Crippen LogP contribution in [-0.2, 0) is 22.3 Å². The maximum atomic E-state index is 12.1. The number of sulfonamides is 1. The van der Waals surface area contributed by atoms with Gasteiger partial charge in [0.05, 0.1) is 12.3 Å². The van der Waals surface area contributed by atoms with Gasteiger partial charge in [-0.3, -0.25) is 4.99 Å². The van der Waals surface area contributed by atoms with Crippen LogP contribution in [0.5, 0.6) is 0 Å². The summed E-state index contributed by atoms with van der Waals surface area (Å²) in [6.07, 6.45) is 0. The molecule has 7 heteroatoms. The molecule has 0 atom stereocenters. The van der Waals surface area contributed by atoms with E-state index >= 15 is 0 Å². The number of rotatable bonds is 6. The lowest BCUT2D eigenvalue weighted by molar-refractivity contribution is 0.533. The number of nitrogens with zero attached hydrogens (tertiary/aromatic N) is 2. The third-order valence-electron chi connectivity index (χ3n) is 3.37. The number of nitrogens with one attached hydrogen (secondary N) is 2. The summed E-state index contributed by atoms with van der Waals surface area (Å²) in [7, 11) is -1.34. The van der Waals surface area contributed by atoms with Crippen molar-refractivity contribution in [3.05, 3.63) is 35.4 Å². The van der Waals surface area contributed by atoms with E-state index in [0.717, 1.165) is 30.2 Å². The first kappa shape index (κ1) is 16.8. The van der Waals surface area contributed by atoms with E-state index in [1.807, 2.05) is 45.2 Å². The van der Waals surface area contributed by atoms with Crippen molar-refractivity contribution in [1.29, 1.82) is 0 Å². The van der Waals surface area contributed by atoms with Crippen LogP contribution in [0.4, 0.5) is 0 Å². The Kier molecular flexibility index (Phi) is 5.42.